The quantitative estimate of drug-likeness (QED) is 0.489. The van der Waals surface area contributed by atoms with Crippen molar-refractivity contribution in [1.82, 2.24) is 20.2 Å². The molecular weight excluding hydrogens is 467 g/mol. The lowest BCUT2D eigenvalue weighted by Crippen LogP contribution is -2.38. The minimum atomic E-state index is -0.338. The van der Waals surface area contributed by atoms with Crippen molar-refractivity contribution in [1.29, 1.82) is 5.26 Å². The number of hydrogen-bond acceptors (Lipinski definition) is 8. The first-order valence-corrected chi connectivity index (χ1v) is 12.3. The van der Waals surface area contributed by atoms with Crippen LogP contribution >= 0.6 is 11.3 Å². The monoisotopic (exact) mass is 494 g/mol. The van der Waals surface area contributed by atoms with Gasteiger partial charge in [-0.2, -0.15) is 5.26 Å². The third-order valence-electron chi connectivity index (χ3n) is 5.94. The molecule has 1 aromatic carbocycles. The number of ether oxygens (including phenoxy) is 1. The lowest BCUT2D eigenvalue weighted by atomic mass is 9.96. The van der Waals surface area contributed by atoms with E-state index in [0.717, 1.165) is 37.4 Å². The van der Waals surface area contributed by atoms with E-state index in [-0.39, 0.29) is 34.5 Å². The second kappa shape index (κ2) is 11.3. The summed E-state index contributed by atoms with van der Waals surface area (Å²) in [5.41, 5.74) is 6.89. The summed E-state index contributed by atoms with van der Waals surface area (Å²) in [4.78, 5) is 24.7. The number of thiazole rings is 1. The van der Waals surface area contributed by atoms with Crippen LogP contribution in [-0.2, 0) is 6.54 Å². The maximum absolute atomic E-state index is 14.0. The number of hydrogen-bond donors (Lipinski definition) is 2. The number of piperidine rings is 1. The van der Waals surface area contributed by atoms with E-state index < -0.39 is 0 Å². The molecule has 4 rings (SSSR count). The topological polar surface area (TPSA) is 117 Å². The van der Waals surface area contributed by atoms with Crippen molar-refractivity contribution in [2.24, 2.45) is 5.92 Å². The van der Waals surface area contributed by atoms with Crippen molar-refractivity contribution in [2.45, 2.75) is 26.3 Å². The van der Waals surface area contributed by atoms with Crippen LogP contribution in [0, 0.1) is 23.1 Å². The lowest BCUT2D eigenvalue weighted by molar-refractivity contribution is 0.0929. The Bertz CT molecular complexity index is 1230. The van der Waals surface area contributed by atoms with Gasteiger partial charge in [-0.15, -0.1) is 11.3 Å². The molecule has 0 saturated carbocycles. The number of pyridine rings is 1. The first-order valence-electron chi connectivity index (χ1n) is 11.5. The molecule has 1 amide bonds. The highest BCUT2D eigenvalue weighted by Crippen LogP contribution is 2.29. The number of nitrogens with zero attached hydrogens (tertiary/aromatic N) is 4. The second-order valence-electron chi connectivity index (χ2n) is 8.36. The summed E-state index contributed by atoms with van der Waals surface area (Å²) in [5.74, 6) is -0.165. The Morgan fingerprint density at radius 3 is 2.86 bits per heavy atom. The number of aromatic nitrogens is 2. The Labute approximate surface area is 207 Å². The number of nitriles is 1. The Morgan fingerprint density at radius 1 is 1.37 bits per heavy atom. The smallest absolute Gasteiger partial charge is 0.270 e. The molecule has 3 N–H and O–H groups in total. The van der Waals surface area contributed by atoms with Crippen LogP contribution in [0.2, 0.25) is 0 Å². The van der Waals surface area contributed by atoms with Crippen LogP contribution in [-0.4, -0.2) is 47.0 Å². The third-order valence-corrected chi connectivity index (χ3v) is 6.95. The molecule has 3 aromatic rings. The molecule has 0 atom stereocenters. The molecule has 182 valence electrons. The minimum Gasteiger partial charge on any atom is -0.477 e. The molecule has 8 nitrogen and oxygen atoms in total. The minimum absolute atomic E-state index is 0.0784. The van der Waals surface area contributed by atoms with Crippen LogP contribution in [0.5, 0.6) is 5.88 Å². The number of carbonyl (C=O) groups is 1. The molecule has 0 radical (unpaired) electrons. The highest BCUT2D eigenvalue weighted by molar-refractivity contribution is 7.15. The molecule has 2 aromatic heterocycles. The molecule has 1 aliphatic heterocycles. The van der Waals surface area contributed by atoms with Gasteiger partial charge < -0.3 is 15.8 Å². The molecule has 0 aliphatic carbocycles. The van der Waals surface area contributed by atoms with E-state index in [1.165, 1.54) is 23.5 Å². The normalized spacial score (nSPS) is 14.4. The Kier molecular flexibility index (Phi) is 7.90. The van der Waals surface area contributed by atoms with Gasteiger partial charge in [0.05, 0.1) is 12.3 Å². The van der Waals surface area contributed by atoms with E-state index in [1.807, 2.05) is 18.3 Å². The van der Waals surface area contributed by atoms with Gasteiger partial charge >= 0.3 is 0 Å². The highest BCUT2D eigenvalue weighted by Gasteiger charge is 2.22. The van der Waals surface area contributed by atoms with Crippen LogP contribution < -0.4 is 15.8 Å². The molecule has 1 saturated heterocycles. The lowest BCUT2D eigenvalue weighted by Gasteiger charge is -2.31. The predicted octanol–water partition coefficient (Wildman–Crippen LogP) is 3.84. The summed E-state index contributed by atoms with van der Waals surface area (Å²) in [7, 11) is 0. The number of nitrogen functional groups attached to an aromatic ring is 1. The number of likely N-dealkylation sites (tertiary alicyclic amines) is 1. The molecule has 0 bridgehead atoms. The molecule has 0 spiro atoms. The summed E-state index contributed by atoms with van der Waals surface area (Å²) in [6, 6.07) is 10.1. The van der Waals surface area contributed by atoms with E-state index in [1.54, 1.807) is 19.1 Å². The van der Waals surface area contributed by atoms with Gasteiger partial charge in [-0.1, -0.05) is 12.1 Å². The van der Waals surface area contributed by atoms with Crippen LogP contribution in [0.25, 0.3) is 10.6 Å². The largest absolute Gasteiger partial charge is 0.477 e. The Morgan fingerprint density at radius 2 is 2.14 bits per heavy atom. The number of benzene rings is 1. The zero-order valence-corrected chi connectivity index (χ0v) is 20.3. The third kappa shape index (κ3) is 5.93. The van der Waals surface area contributed by atoms with E-state index in [9.17, 15) is 14.4 Å². The zero-order chi connectivity index (χ0) is 24.8. The fourth-order valence-electron chi connectivity index (χ4n) is 4.05. The van der Waals surface area contributed by atoms with E-state index in [4.69, 9.17) is 10.5 Å². The van der Waals surface area contributed by atoms with Gasteiger partial charge in [0.1, 0.15) is 28.2 Å². The number of nitrogens with two attached hydrogens (primary N) is 1. The summed E-state index contributed by atoms with van der Waals surface area (Å²) in [6.45, 7) is 5.22. The number of carbonyl (C=O) groups excluding carboxylic acids is 1. The maximum atomic E-state index is 14.0. The van der Waals surface area contributed by atoms with Crippen LogP contribution in [0.4, 0.5) is 10.1 Å². The summed E-state index contributed by atoms with van der Waals surface area (Å²) in [6.07, 6.45) is 3.73. The zero-order valence-electron chi connectivity index (χ0n) is 19.5. The standard InChI is InChI=1S/C25H27FN6O2S/c1-2-34-24-19(12-27)21(28)11-22(31-24)23(33)29-13-16-7-9-32(10-8-16)15-17-14-30-25(35-17)18-5-3-4-6-20(18)26/h3-6,11,14,16H,2,7-10,13,15H2,1H3,(H2,28,31)(H,29,33). The number of halogens is 1. The Hall–Kier alpha value is -3.55. The average Bonchev–Trinajstić information content (AvgIpc) is 3.32. The van der Waals surface area contributed by atoms with Crippen molar-refractivity contribution < 1.29 is 13.9 Å². The van der Waals surface area contributed by atoms with Gasteiger partial charge in [0.2, 0.25) is 5.88 Å². The summed E-state index contributed by atoms with van der Waals surface area (Å²) < 4.78 is 19.4. The van der Waals surface area contributed by atoms with Crippen LogP contribution in [0.3, 0.4) is 0 Å². The molecule has 10 heteroatoms. The Balaban J connectivity index is 1.27. The summed E-state index contributed by atoms with van der Waals surface area (Å²) >= 11 is 1.52. The van der Waals surface area contributed by atoms with Crippen LogP contribution in [0.15, 0.2) is 36.5 Å². The molecule has 1 aliphatic rings. The van der Waals surface area contributed by atoms with Crippen molar-refractivity contribution in [3.05, 3.63) is 58.5 Å². The number of anilines is 1. The number of amides is 1. The highest BCUT2D eigenvalue weighted by atomic mass is 32.1. The van der Waals surface area contributed by atoms with Gasteiger partial charge in [0.25, 0.3) is 5.91 Å². The van der Waals surface area contributed by atoms with E-state index >= 15 is 0 Å². The SMILES string of the molecule is CCOc1nc(C(=O)NCC2CCN(Cc3cnc(-c4ccccc4F)s3)CC2)cc(N)c1C#N. The number of rotatable bonds is 8. The molecular formula is C25H27FN6O2S. The second-order valence-corrected chi connectivity index (χ2v) is 9.48. The van der Waals surface area contributed by atoms with Crippen molar-refractivity contribution in [3.8, 4) is 22.5 Å². The molecule has 35 heavy (non-hydrogen) atoms. The fourth-order valence-corrected chi connectivity index (χ4v) is 5.03. The van der Waals surface area contributed by atoms with Gasteiger partial charge in [-0.25, -0.2) is 14.4 Å². The van der Waals surface area contributed by atoms with Gasteiger partial charge in [0.15, 0.2) is 0 Å². The van der Waals surface area contributed by atoms with Crippen molar-refractivity contribution in [2.75, 3.05) is 32.0 Å². The first-order chi connectivity index (χ1) is 17.0. The predicted molar refractivity (Wildman–Crippen MR) is 132 cm³/mol. The number of nitrogens with one attached hydrogen (secondary N) is 1. The van der Waals surface area contributed by atoms with Gasteiger partial charge in [0, 0.05) is 29.7 Å². The van der Waals surface area contributed by atoms with Crippen LogP contribution in [0.1, 0.15) is 40.7 Å². The molecule has 3 heterocycles. The van der Waals surface area contributed by atoms with E-state index in [0.29, 0.717) is 29.6 Å². The molecule has 0 unspecified atom stereocenters. The van der Waals surface area contributed by atoms with Crippen molar-refractivity contribution >= 4 is 22.9 Å². The van der Waals surface area contributed by atoms with Gasteiger partial charge in [-0.3, -0.25) is 9.69 Å². The first kappa shape index (κ1) is 24.6. The fraction of sp³-hybridized carbons (Fsp3) is 0.360. The van der Waals surface area contributed by atoms with E-state index in [2.05, 4.69) is 20.2 Å². The summed E-state index contributed by atoms with van der Waals surface area (Å²) in [5, 5.41) is 12.9. The van der Waals surface area contributed by atoms with Gasteiger partial charge in [-0.05, 0) is 57.0 Å². The average molecular weight is 495 g/mol. The molecule has 1 fully saturated rings. The maximum Gasteiger partial charge on any atom is 0.270 e. The van der Waals surface area contributed by atoms with Crippen molar-refractivity contribution in [3.63, 3.8) is 0 Å².